The highest BCUT2D eigenvalue weighted by Crippen LogP contribution is 2.23. The van der Waals surface area contributed by atoms with E-state index in [0.717, 1.165) is 18.9 Å². The standard InChI is InChI=1S/C17H16ClFN2O3S/c18-15-11-13(6-7-16(15)19)20-17(22)12-4-3-5-14(10-12)25(23,24)21-8-1-2-9-21/h3-7,10-11H,1-2,8-9H2,(H,20,22). The van der Waals surface area contributed by atoms with E-state index in [-0.39, 0.29) is 15.5 Å². The van der Waals surface area contributed by atoms with Crippen molar-refractivity contribution in [2.24, 2.45) is 0 Å². The number of carbonyl (C=O) groups is 1. The lowest BCUT2D eigenvalue weighted by Crippen LogP contribution is -2.28. The molecule has 1 fully saturated rings. The highest BCUT2D eigenvalue weighted by molar-refractivity contribution is 7.89. The van der Waals surface area contributed by atoms with Gasteiger partial charge in [-0.15, -0.1) is 0 Å². The van der Waals surface area contributed by atoms with Gasteiger partial charge in [0.25, 0.3) is 5.91 Å². The summed E-state index contributed by atoms with van der Waals surface area (Å²) in [4.78, 5) is 12.4. The second-order valence-corrected chi connectivity index (χ2v) is 8.07. The van der Waals surface area contributed by atoms with Gasteiger partial charge < -0.3 is 5.32 Å². The number of hydrogen-bond acceptors (Lipinski definition) is 3. The first-order valence-electron chi connectivity index (χ1n) is 7.74. The maximum atomic E-state index is 13.2. The number of nitrogens with zero attached hydrogens (tertiary/aromatic N) is 1. The lowest BCUT2D eigenvalue weighted by Gasteiger charge is -2.16. The molecule has 8 heteroatoms. The van der Waals surface area contributed by atoms with Crippen LogP contribution in [0.25, 0.3) is 0 Å². The number of sulfonamides is 1. The highest BCUT2D eigenvalue weighted by atomic mass is 35.5. The largest absolute Gasteiger partial charge is 0.322 e. The number of amides is 1. The van der Waals surface area contributed by atoms with Crippen molar-refractivity contribution in [3.63, 3.8) is 0 Å². The van der Waals surface area contributed by atoms with Crippen LogP contribution >= 0.6 is 11.6 Å². The van der Waals surface area contributed by atoms with Gasteiger partial charge in [0.15, 0.2) is 0 Å². The first-order valence-corrected chi connectivity index (χ1v) is 9.56. The number of nitrogens with one attached hydrogen (secondary N) is 1. The van der Waals surface area contributed by atoms with Crippen molar-refractivity contribution in [2.75, 3.05) is 18.4 Å². The van der Waals surface area contributed by atoms with Gasteiger partial charge in [0.05, 0.1) is 9.92 Å². The molecule has 1 aliphatic heterocycles. The number of anilines is 1. The van der Waals surface area contributed by atoms with Gasteiger partial charge in [0, 0.05) is 24.3 Å². The van der Waals surface area contributed by atoms with Gasteiger partial charge in [0.1, 0.15) is 5.82 Å². The molecule has 0 unspecified atom stereocenters. The fourth-order valence-electron chi connectivity index (χ4n) is 2.65. The summed E-state index contributed by atoms with van der Waals surface area (Å²) in [5, 5.41) is 2.47. The number of benzene rings is 2. The van der Waals surface area contributed by atoms with Gasteiger partial charge in [-0.25, -0.2) is 12.8 Å². The molecule has 2 aromatic carbocycles. The zero-order chi connectivity index (χ0) is 18.0. The quantitative estimate of drug-likeness (QED) is 0.879. The maximum Gasteiger partial charge on any atom is 0.255 e. The summed E-state index contributed by atoms with van der Waals surface area (Å²) in [7, 11) is -3.60. The molecule has 1 N–H and O–H groups in total. The van der Waals surface area contributed by atoms with Gasteiger partial charge in [-0.05, 0) is 49.2 Å². The van der Waals surface area contributed by atoms with Crippen LogP contribution in [0, 0.1) is 5.82 Å². The molecule has 0 radical (unpaired) electrons. The van der Waals surface area contributed by atoms with E-state index in [2.05, 4.69) is 5.32 Å². The van der Waals surface area contributed by atoms with Crippen molar-refractivity contribution < 1.29 is 17.6 Å². The van der Waals surface area contributed by atoms with Crippen molar-refractivity contribution in [3.05, 3.63) is 58.9 Å². The topological polar surface area (TPSA) is 66.5 Å². The van der Waals surface area contributed by atoms with E-state index in [1.165, 1.54) is 40.7 Å². The number of halogens is 2. The first kappa shape index (κ1) is 17.8. The van der Waals surface area contributed by atoms with Crippen LogP contribution < -0.4 is 5.32 Å². The minimum atomic E-state index is -3.60. The Labute approximate surface area is 150 Å². The number of carbonyl (C=O) groups excluding carboxylic acids is 1. The van der Waals surface area contributed by atoms with Crippen molar-refractivity contribution in [3.8, 4) is 0 Å². The van der Waals surface area contributed by atoms with E-state index < -0.39 is 21.7 Å². The fourth-order valence-corrected chi connectivity index (χ4v) is 4.40. The lowest BCUT2D eigenvalue weighted by molar-refractivity contribution is 0.102. The second kappa shape index (κ2) is 7.11. The third kappa shape index (κ3) is 3.84. The lowest BCUT2D eigenvalue weighted by atomic mass is 10.2. The van der Waals surface area contributed by atoms with Crippen molar-refractivity contribution >= 4 is 33.2 Å². The molecule has 2 aromatic rings. The predicted molar refractivity (Wildman–Crippen MR) is 93.8 cm³/mol. The van der Waals surface area contributed by atoms with Crippen LogP contribution in [0.3, 0.4) is 0 Å². The van der Waals surface area contributed by atoms with Gasteiger partial charge in [-0.2, -0.15) is 4.31 Å². The number of hydrogen-bond donors (Lipinski definition) is 1. The zero-order valence-corrected chi connectivity index (χ0v) is 14.8. The molecule has 0 bridgehead atoms. The van der Waals surface area contributed by atoms with Crippen molar-refractivity contribution in [1.82, 2.24) is 4.31 Å². The van der Waals surface area contributed by atoms with Crippen molar-refractivity contribution in [1.29, 1.82) is 0 Å². The Kier molecular flexibility index (Phi) is 5.08. The molecule has 25 heavy (non-hydrogen) atoms. The predicted octanol–water partition coefficient (Wildman–Crippen LogP) is 3.52. The molecule has 0 atom stereocenters. The average molecular weight is 383 g/mol. The summed E-state index contributed by atoms with van der Waals surface area (Å²) in [6, 6.07) is 9.67. The van der Waals surface area contributed by atoms with Crippen LogP contribution in [0.2, 0.25) is 5.02 Å². The summed E-state index contributed by atoms with van der Waals surface area (Å²) in [6.07, 6.45) is 1.68. The van der Waals surface area contributed by atoms with E-state index in [9.17, 15) is 17.6 Å². The first-order chi connectivity index (χ1) is 11.9. The van der Waals surface area contributed by atoms with Crippen LogP contribution in [0.4, 0.5) is 10.1 Å². The molecular formula is C17H16ClFN2O3S. The van der Waals surface area contributed by atoms with E-state index in [1.807, 2.05) is 0 Å². The normalized spacial score (nSPS) is 15.3. The summed E-state index contributed by atoms with van der Waals surface area (Å²) < 4.78 is 39.8. The Bertz CT molecular complexity index is 912. The van der Waals surface area contributed by atoms with E-state index in [4.69, 9.17) is 11.6 Å². The molecule has 1 heterocycles. The summed E-state index contributed by atoms with van der Waals surface area (Å²) in [6.45, 7) is 0.986. The summed E-state index contributed by atoms with van der Waals surface area (Å²) in [5.41, 5.74) is 0.518. The molecule has 0 spiro atoms. The van der Waals surface area contributed by atoms with Crippen LogP contribution in [0.1, 0.15) is 23.2 Å². The fraction of sp³-hybridized carbons (Fsp3) is 0.235. The van der Waals surface area contributed by atoms with Gasteiger partial charge in [-0.3, -0.25) is 4.79 Å². The molecular weight excluding hydrogens is 367 g/mol. The molecule has 1 saturated heterocycles. The van der Waals surface area contributed by atoms with Gasteiger partial charge in [0.2, 0.25) is 10.0 Å². The Balaban J connectivity index is 1.83. The summed E-state index contributed by atoms with van der Waals surface area (Å²) in [5.74, 6) is -1.08. The van der Waals surface area contributed by atoms with Crippen LogP contribution in [0.15, 0.2) is 47.4 Å². The molecule has 0 saturated carbocycles. The van der Waals surface area contributed by atoms with E-state index >= 15 is 0 Å². The smallest absolute Gasteiger partial charge is 0.255 e. The molecule has 1 amide bonds. The second-order valence-electron chi connectivity index (χ2n) is 5.72. The molecule has 1 aliphatic rings. The zero-order valence-electron chi connectivity index (χ0n) is 13.2. The third-order valence-electron chi connectivity index (χ3n) is 3.98. The monoisotopic (exact) mass is 382 g/mol. The van der Waals surface area contributed by atoms with Crippen LogP contribution in [0.5, 0.6) is 0 Å². The molecule has 5 nitrogen and oxygen atoms in total. The Hall–Kier alpha value is -1.96. The Morgan fingerprint density at radius 1 is 1.12 bits per heavy atom. The van der Waals surface area contributed by atoms with Gasteiger partial charge >= 0.3 is 0 Å². The SMILES string of the molecule is O=C(Nc1ccc(F)c(Cl)c1)c1cccc(S(=O)(=O)N2CCCC2)c1. The molecule has 0 aliphatic carbocycles. The molecule has 132 valence electrons. The Morgan fingerprint density at radius 3 is 2.52 bits per heavy atom. The minimum Gasteiger partial charge on any atom is -0.322 e. The van der Waals surface area contributed by atoms with Gasteiger partial charge in [-0.1, -0.05) is 17.7 Å². The van der Waals surface area contributed by atoms with Crippen LogP contribution in [-0.4, -0.2) is 31.7 Å². The molecule has 0 aromatic heterocycles. The average Bonchev–Trinajstić information content (AvgIpc) is 3.14. The highest BCUT2D eigenvalue weighted by Gasteiger charge is 2.27. The van der Waals surface area contributed by atoms with Crippen LogP contribution in [-0.2, 0) is 10.0 Å². The third-order valence-corrected chi connectivity index (χ3v) is 6.16. The van der Waals surface area contributed by atoms with E-state index in [0.29, 0.717) is 18.8 Å². The van der Waals surface area contributed by atoms with E-state index in [1.54, 1.807) is 0 Å². The summed E-state index contributed by atoms with van der Waals surface area (Å²) >= 11 is 5.69. The molecule has 3 rings (SSSR count). The number of rotatable bonds is 4. The van der Waals surface area contributed by atoms with Crippen molar-refractivity contribution in [2.45, 2.75) is 17.7 Å². The minimum absolute atomic E-state index is 0.0826. The Morgan fingerprint density at radius 2 is 1.84 bits per heavy atom. The maximum absolute atomic E-state index is 13.2.